The summed E-state index contributed by atoms with van der Waals surface area (Å²) in [5, 5.41) is 2.91. The average Bonchev–Trinajstić information content (AvgIpc) is 3.04. The first kappa shape index (κ1) is 19.6. The van der Waals surface area contributed by atoms with Crippen molar-refractivity contribution in [1.82, 2.24) is 10.2 Å². The third kappa shape index (κ3) is 3.94. The van der Waals surface area contributed by atoms with Crippen molar-refractivity contribution in [2.24, 2.45) is 0 Å². The highest BCUT2D eigenvalue weighted by atomic mass is 16.8. The molecule has 2 aliphatic rings. The maximum Gasteiger partial charge on any atom is 0.254 e. The molecule has 2 heterocycles. The van der Waals surface area contributed by atoms with Crippen molar-refractivity contribution < 1.29 is 19.1 Å². The number of anilines is 1. The van der Waals surface area contributed by atoms with E-state index in [0.29, 0.717) is 12.1 Å². The van der Waals surface area contributed by atoms with Gasteiger partial charge in [0, 0.05) is 31.4 Å². The Bertz CT molecular complexity index is 732. The smallest absolute Gasteiger partial charge is 0.254 e. The number of fused-ring (bicyclic) bond motifs is 1. The number of carbonyl (C=O) groups excluding carboxylic acids is 2. The fraction of sp³-hybridized carbons (Fsp3) is 0.600. The molecule has 3 atom stereocenters. The summed E-state index contributed by atoms with van der Waals surface area (Å²) in [6, 6.07) is 6.65. The highest BCUT2D eigenvalue weighted by Crippen LogP contribution is 2.37. The summed E-state index contributed by atoms with van der Waals surface area (Å²) in [5.41, 5.74) is 1.47. The lowest BCUT2D eigenvalue weighted by Gasteiger charge is -2.30. The first-order chi connectivity index (χ1) is 12.6. The number of nitrogens with one attached hydrogen (secondary N) is 1. The van der Waals surface area contributed by atoms with Crippen LogP contribution in [-0.2, 0) is 14.3 Å². The molecule has 2 saturated heterocycles. The number of hydrogen-bond acceptors (Lipinski definition) is 5. The second-order valence-electron chi connectivity index (χ2n) is 8.15. The van der Waals surface area contributed by atoms with Gasteiger partial charge in [-0.05, 0) is 45.9 Å². The van der Waals surface area contributed by atoms with Gasteiger partial charge in [-0.3, -0.25) is 9.59 Å². The van der Waals surface area contributed by atoms with Crippen LogP contribution in [0.15, 0.2) is 24.3 Å². The Morgan fingerprint density at radius 1 is 1.26 bits per heavy atom. The van der Waals surface area contributed by atoms with Crippen molar-refractivity contribution in [1.29, 1.82) is 0 Å². The number of rotatable bonds is 4. The van der Waals surface area contributed by atoms with Crippen LogP contribution in [0, 0.1) is 0 Å². The molecule has 0 spiro atoms. The molecule has 3 rings (SSSR count). The van der Waals surface area contributed by atoms with Crippen LogP contribution < -0.4 is 10.2 Å². The third-order valence-corrected chi connectivity index (χ3v) is 4.82. The molecule has 2 aliphatic heterocycles. The van der Waals surface area contributed by atoms with Crippen LogP contribution in [0.3, 0.4) is 0 Å². The predicted octanol–water partition coefficient (Wildman–Crippen LogP) is 1.62. The Morgan fingerprint density at radius 3 is 2.59 bits per heavy atom. The van der Waals surface area contributed by atoms with Gasteiger partial charge in [-0.15, -0.1) is 0 Å². The van der Waals surface area contributed by atoms with Crippen LogP contribution in [0.25, 0.3) is 0 Å². The van der Waals surface area contributed by atoms with Gasteiger partial charge in [0.2, 0.25) is 5.91 Å². The normalized spacial score (nSPS) is 26.2. The zero-order valence-corrected chi connectivity index (χ0v) is 16.9. The minimum atomic E-state index is -0.758. The largest absolute Gasteiger partial charge is 0.378 e. The standard InChI is InChI=1S/C20H29N3O4/c1-12(2)21-18(24)16-17-15(26-20(3,4)27-17)11-23(16)19(25)13-8-7-9-14(10-13)22(5)6/h7-10,12,15-17H,11H2,1-6H3,(H,21,24)/t15-,16-,17-/m0/s1. The number of amides is 2. The van der Waals surface area contributed by atoms with Crippen molar-refractivity contribution in [3.05, 3.63) is 29.8 Å². The summed E-state index contributed by atoms with van der Waals surface area (Å²) in [5.74, 6) is -1.16. The number of likely N-dealkylation sites (tertiary alicyclic amines) is 1. The van der Waals surface area contributed by atoms with Gasteiger partial charge in [0.15, 0.2) is 5.79 Å². The van der Waals surface area contributed by atoms with E-state index in [9.17, 15) is 9.59 Å². The average molecular weight is 375 g/mol. The number of carbonyl (C=O) groups is 2. The molecule has 0 unspecified atom stereocenters. The molecule has 2 fully saturated rings. The molecule has 7 heteroatoms. The van der Waals surface area contributed by atoms with Gasteiger partial charge in [-0.25, -0.2) is 0 Å². The predicted molar refractivity (Wildman–Crippen MR) is 103 cm³/mol. The van der Waals surface area contributed by atoms with Gasteiger partial charge < -0.3 is 24.6 Å². The van der Waals surface area contributed by atoms with E-state index >= 15 is 0 Å². The van der Waals surface area contributed by atoms with Crippen LogP contribution in [0.5, 0.6) is 0 Å². The fourth-order valence-electron chi connectivity index (χ4n) is 3.71. The highest BCUT2D eigenvalue weighted by Gasteiger charge is 2.56. The van der Waals surface area contributed by atoms with Gasteiger partial charge in [-0.2, -0.15) is 0 Å². The van der Waals surface area contributed by atoms with Gasteiger partial charge in [0.25, 0.3) is 5.91 Å². The summed E-state index contributed by atoms with van der Waals surface area (Å²) < 4.78 is 11.9. The Labute approximate surface area is 160 Å². The van der Waals surface area contributed by atoms with Crippen LogP contribution in [0.2, 0.25) is 0 Å². The zero-order valence-electron chi connectivity index (χ0n) is 16.9. The second-order valence-corrected chi connectivity index (χ2v) is 8.15. The van der Waals surface area contributed by atoms with E-state index in [1.165, 1.54) is 0 Å². The number of benzene rings is 1. The van der Waals surface area contributed by atoms with Crippen LogP contribution >= 0.6 is 0 Å². The zero-order chi connectivity index (χ0) is 19.9. The molecular formula is C20H29N3O4. The first-order valence-corrected chi connectivity index (χ1v) is 9.33. The molecule has 0 saturated carbocycles. The molecule has 1 aromatic rings. The van der Waals surface area contributed by atoms with E-state index in [-0.39, 0.29) is 24.0 Å². The molecule has 0 aliphatic carbocycles. The van der Waals surface area contributed by atoms with Gasteiger partial charge in [-0.1, -0.05) is 6.07 Å². The Hall–Kier alpha value is -2.12. The second kappa shape index (κ2) is 7.13. The van der Waals surface area contributed by atoms with Crippen LogP contribution in [0.1, 0.15) is 38.1 Å². The quantitative estimate of drug-likeness (QED) is 0.866. The summed E-state index contributed by atoms with van der Waals surface area (Å²) in [6.45, 7) is 7.78. The van der Waals surface area contributed by atoms with E-state index in [1.807, 2.05) is 64.9 Å². The molecule has 27 heavy (non-hydrogen) atoms. The highest BCUT2D eigenvalue weighted by molar-refractivity contribution is 5.99. The molecule has 148 valence electrons. The van der Waals surface area contributed by atoms with Crippen LogP contribution in [0.4, 0.5) is 5.69 Å². The van der Waals surface area contributed by atoms with E-state index < -0.39 is 17.9 Å². The fourth-order valence-corrected chi connectivity index (χ4v) is 3.71. The summed E-state index contributed by atoms with van der Waals surface area (Å²) in [7, 11) is 3.85. The number of nitrogens with zero attached hydrogens (tertiary/aromatic N) is 2. The maximum absolute atomic E-state index is 13.2. The van der Waals surface area contributed by atoms with E-state index in [4.69, 9.17) is 9.47 Å². The van der Waals surface area contributed by atoms with Crippen LogP contribution in [-0.4, -0.2) is 67.4 Å². The van der Waals surface area contributed by atoms with Gasteiger partial charge >= 0.3 is 0 Å². The van der Waals surface area contributed by atoms with Crippen molar-refractivity contribution in [3.63, 3.8) is 0 Å². The van der Waals surface area contributed by atoms with E-state index in [0.717, 1.165) is 5.69 Å². The van der Waals surface area contributed by atoms with Crippen molar-refractivity contribution >= 4 is 17.5 Å². The Balaban J connectivity index is 1.90. The molecule has 0 bridgehead atoms. The molecular weight excluding hydrogens is 346 g/mol. The number of ether oxygens (including phenoxy) is 2. The topological polar surface area (TPSA) is 71.1 Å². The lowest BCUT2D eigenvalue weighted by Crippen LogP contribution is -2.52. The number of hydrogen-bond donors (Lipinski definition) is 1. The van der Waals surface area contributed by atoms with Crippen molar-refractivity contribution in [2.45, 2.75) is 57.8 Å². The Kier molecular flexibility index (Phi) is 5.18. The maximum atomic E-state index is 13.2. The molecule has 1 N–H and O–H groups in total. The first-order valence-electron chi connectivity index (χ1n) is 9.33. The Morgan fingerprint density at radius 2 is 1.96 bits per heavy atom. The lowest BCUT2D eigenvalue weighted by atomic mass is 10.1. The van der Waals surface area contributed by atoms with Gasteiger partial charge in [0.05, 0.1) is 6.54 Å². The van der Waals surface area contributed by atoms with Crippen molar-refractivity contribution in [2.75, 3.05) is 25.5 Å². The summed E-state index contributed by atoms with van der Waals surface area (Å²) >= 11 is 0. The SMILES string of the molecule is CC(C)NC(=O)[C@@H]1[C@H]2OC(C)(C)O[C@H]2CN1C(=O)c1cccc(N(C)C)c1. The molecule has 2 amide bonds. The van der Waals surface area contributed by atoms with Crippen molar-refractivity contribution in [3.8, 4) is 0 Å². The van der Waals surface area contributed by atoms with Gasteiger partial charge in [0.1, 0.15) is 18.2 Å². The molecule has 0 aromatic heterocycles. The third-order valence-electron chi connectivity index (χ3n) is 4.82. The molecule has 0 radical (unpaired) electrons. The molecule has 1 aromatic carbocycles. The van der Waals surface area contributed by atoms with E-state index in [1.54, 1.807) is 11.0 Å². The monoisotopic (exact) mass is 375 g/mol. The lowest BCUT2D eigenvalue weighted by molar-refractivity contribution is -0.162. The molecule has 7 nitrogen and oxygen atoms in total. The summed E-state index contributed by atoms with van der Waals surface area (Å²) in [4.78, 5) is 29.6. The minimum Gasteiger partial charge on any atom is -0.378 e. The minimum absolute atomic E-state index is 0.0269. The van der Waals surface area contributed by atoms with E-state index in [2.05, 4.69) is 5.32 Å². The summed E-state index contributed by atoms with van der Waals surface area (Å²) in [6.07, 6.45) is -0.788.